The van der Waals surface area contributed by atoms with Crippen molar-refractivity contribution in [1.29, 1.82) is 0 Å². The summed E-state index contributed by atoms with van der Waals surface area (Å²) >= 11 is 0. The van der Waals surface area contributed by atoms with Gasteiger partial charge in [0.25, 0.3) is 0 Å². The van der Waals surface area contributed by atoms with E-state index in [9.17, 15) is 4.79 Å². The summed E-state index contributed by atoms with van der Waals surface area (Å²) in [5.74, 6) is 1.72. The molecular weight excluding hydrogens is 390 g/mol. The van der Waals surface area contributed by atoms with Gasteiger partial charge in [-0.3, -0.25) is 14.7 Å². The molecule has 2 aromatic heterocycles. The van der Waals surface area contributed by atoms with Crippen LogP contribution in [0.3, 0.4) is 0 Å². The second kappa shape index (κ2) is 8.35. The molecule has 2 aliphatic heterocycles. The molecule has 2 aliphatic rings. The van der Waals surface area contributed by atoms with Gasteiger partial charge in [-0.15, -0.1) is 0 Å². The molecule has 7 nitrogen and oxygen atoms in total. The number of allylic oxidation sites excluding steroid dienone is 1. The van der Waals surface area contributed by atoms with Crippen molar-refractivity contribution in [3.8, 4) is 11.5 Å². The first-order chi connectivity index (χ1) is 15.1. The summed E-state index contributed by atoms with van der Waals surface area (Å²) in [5.41, 5.74) is 4.31. The Hall–Kier alpha value is -3.45. The molecule has 0 aliphatic carbocycles. The summed E-state index contributed by atoms with van der Waals surface area (Å²) in [6.45, 7) is 6.47. The van der Waals surface area contributed by atoms with E-state index in [1.165, 1.54) is 11.1 Å². The number of piperazine rings is 1. The first kappa shape index (κ1) is 19.5. The molecule has 158 valence electrons. The summed E-state index contributed by atoms with van der Waals surface area (Å²) < 4.78 is 8.06. The zero-order chi connectivity index (χ0) is 21.2. The molecule has 0 saturated carbocycles. The molecule has 31 heavy (non-hydrogen) atoms. The van der Waals surface area contributed by atoms with Gasteiger partial charge in [-0.25, -0.2) is 4.98 Å². The fourth-order valence-corrected chi connectivity index (χ4v) is 4.02. The maximum atomic E-state index is 11.5. The predicted octanol–water partition coefficient (Wildman–Crippen LogP) is 3.26. The molecule has 0 N–H and O–H groups in total. The van der Waals surface area contributed by atoms with Crippen LogP contribution < -0.4 is 4.74 Å². The average molecular weight is 415 g/mol. The Bertz CT molecular complexity index is 1150. The fraction of sp³-hybridized carbons (Fsp3) is 0.292. The Balaban J connectivity index is 1.24. The van der Waals surface area contributed by atoms with Crippen LogP contribution in [0, 0.1) is 0 Å². The zero-order valence-corrected chi connectivity index (χ0v) is 17.6. The van der Waals surface area contributed by atoms with Gasteiger partial charge in [0.2, 0.25) is 5.91 Å². The lowest BCUT2D eigenvalue weighted by Crippen LogP contribution is -2.47. The number of carbonyl (C=O) groups is 1. The normalized spacial score (nSPS) is 16.7. The fourth-order valence-electron chi connectivity index (χ4n) is 4.02. The molecule has 5 rings (SSSR count). The number of amides is 1. The molecule has 0 bridgehead atoms. The lowest BCUT2D eigenvalue weighted by Gasteiger charge is -2.33. The molecule has 0 radical (unpaired) electrons. The van der Waals surface area contributed by atoms with E-state index in [-0.39, 0.29) is 5.91 Å². The molecule has 0 unspecified atom stereocenters. The van der Waals surface area contributed by atoms with Crippen molar-refractivity contribution in [3.05, 3.63) is 66.1 Å². The minimum atomic E-state index is 0.152. The van der Waals surface area contributed by atoms with E-state index >= 15 is 0 Å². The van der Waals surface area contributed by atoms with E-state index in [0.717, 1.165) is 62.1 Å². The number of fused-ring (bicyclic) bond motifs is 1. The highest BCUT2D eigenvalue weighted by Gasteiger charge is 2.19. The maximum Gasteiger partial charge on any atom is 0.219 e. The number of hydrogen-bond donors (Lipinski definition) is 0. The van der Waals surface area contributed by atoms with Crippen LogP contribution in [0.25, 0.3) is 11.2 Å². The van der Waals surface area contributed by atoms with Crippen molar-refractivity contribution in [3.63, 3.8) is 0 Å². The number of carbonyl (C=O) groups excluding carboxylic acids is 1. The SMILES string of the molecule is CC(=O)N1CCN(Cc2cn3cc(Oc4ccc(C5=CC=NC5)cc4)ccc3n2)CC1. The average Bonchev–Trinajstić information content (AvgIpc) is 3.44. The second-order valence-electron chi connectivity index (χ2n) is 7.95. The molecule has 1 fully saturated rings. The van der Waals surface area contributed by atoms with Crippen molar-refractivity contribution in [1.82, 2.24) is 19.2 Å². The summed E-state index contributed by atoms with van der Waals surface area (Å²) in [4.78, 5) is 24.7. The third-order valence-electron chi connectivity index (χ3n) is 5.78. The predicted molar refractivity (Wildman–Crippen MR) is 121 cm³/mol. The third-order valence-corrected chi connectivity index (χ3v) is 5.78. The van der Waals surface area contributed by atoms with Crippen LogP contribution in [0.5, 0.6) is 11.5 Å². The minimum Gasteiger partial charge on any atom is -0.456 e. The molecule has 1 saturated heterocycles. The van der Waals surface area contributed by atoms with Gasteiger partial charge in [-0.2, -0.15) is 0 Å². The van der Waals surface area contributed by atoms with Crippen LogP contribution in [0.15, 0.2) is 59.9 Å². The zero-order valence-electron chi connectivity index (χ0n) is 17.6. The number of ether oxygens (including phenoxy) is 1. The van der Waals surface area contributed by atoms with E-state index in [1.807, 2.05) is 52.1 Å². The van der Waals surface area contributed by atoms with E-state index < -0.39 is 0 Å². The van der Waals surface area contributed by atoms with E-state index in [1.54, 1.807) is 6.92 Å². The number of aromatic nitrogens is 2. The van der Waals surface area contributed by atoms with E-state index in [4.69, 9.17) is 9.72 Å². The van der Waals surface area contributed by atoms with Crippen molar-refractivity contribution >= 4 is 23.3 Å². The summed E-state index contributed by atoms with van der Waals surface area (Å²) in [5, 5.41) is 0. The van der Waals surface area contributed by atoms with Crippen LogP contribution in [0.2, 0.25) is 0 Å². The van der Waals surface area contributed by atoms with E-state index in [2.05, 4.69) is 28.2 Å². The van der Waals surface area contributed by atoms with Gasteiger partial charge in [0, 0.05) is 52.1 Å². The topological polar surface area (TPSA) is 62.4 Å². The van der Waals surface area contributed by atoms with Crippen LogP contribution >= 0.6 is 0 Å². The van der Waals surface area contributed by atoms with Gasteiger partial charge < -0.3 is 14.0 Å². The Morgan fingerprint density at radius 2 is 1.77 bits per heavy atom. The van der Waals surface area contributed by atoms with Crippen LogP contribution in [0.1, 0.15) is 18.2 Å². The molecule has 0 atom stereocenters. The van der Waals surface area contributed by atoms with Crippen molar-refractivity contribution in [2.75, 3.05) is 32.7 Å². The van der Waals surface area contributed by atoms with E-state index in [0.29, 0.717) is 0 Å². The maximum absolute atomic E-state index is 11.5. The molecule has 7 heteroatoms. The number of imidazole rings is 1. The van der Waals surface area contributed by atoms with Crippen LogP contribution in [-0.2, 0) is 11.3 Å². The van der Waals surface area contributed by atoms with Gasteiger partial charge in [0.1, 0.15) is 17.1 Å². The lowest BCUT2D eigenvalue weighted by atomic mass is 10.1. The summed E-state index contributed by atoms with van der Waals surface area (Å²) in [7, 11) is 0. The molecule has 1 amide bonds. The van der Waals surface area contributed by atoms with Gasteiger partial charge in [-0.1, -0.05) is 12.1 Å². The standard InChI is InChI=1S/C24H25N5O2/c1-18(30)28-12-10-27(11-13-28)15-21-16-29-17-23(6-7-24(29)26-21)31-22-4-2-19(3-5-22)20-8-9-25-14-20/h2-9,16-17H,10-15H2,1H3. The Labute approximate surface area is 181 Å². The number of pyridine rings is 1. The highest BCUT2D eigenvalue weighted by Crippen LogP contribution is 2.25. The second-order valence-corrected chi connectivity index (χ2v) is 7.95. The lowest BCUT2D eigenvalue weighted by molar-refractivity contribution is -0.130. The molecule has 3 aromatic rings. The minimum absolute atomic E-state index is 0.152. The largest absolute Gasteiger partial charge is 0.456 e. The monoisotopic (exact) mass is 415 g/mol. The summed E-state index contributed by atoms with van der Waals surface area (Å²) in [6.07, 6.45) is 7.90. The first-order valence-corrected chi connectivity index (χ1v) is 10.6. The molecule has 1 aromatic carbocycles. The first-order valence-electron chi connectivity index (χ1n) is 10.6. The Morgan fingerprint density at radius 1 is 1.00 bits per heavy atom. The molecule has 0 spiro atoms. The van der Waals surface area contributed by atoms with Gasteiger partial charge in [0.15, 0.2) is 0 Å². The number of nitrogens with zero attached hydrogens (tertiary/aromatic N) is 5. The molecule has 4 heterocycles. The summed E-state index contributed by atoms with van der Waals surface area (Å²) in [6, 6.07) is 12.0. The number of benzene rings is 1. The van der Waals surface area contributed by atoms with Gasteiger partial charge >= 0.3 is 0 Å². The van der Waals surface area contributed by atoms with Gasteiger partial charge in [-0.05, 0) is 41.5 Å². The highest BCUT2D eigenvalue weighted by molar-refractivity contribution is 5.89. The van der Waals surface area contributed by atoms with Crippen LogP contribution in [0.4, 0.5) is 0 Å². The highest BCUT2D eigenvalue weighted by atomic mass is 16.5. The number of hydrogen-bond acceptors (Lipinski definition) is 5. The number of aliphatic imine (C=N–C) groups is 1. The number of rotatable bonds is 5. The third kappa shape index (κ3) is 4.36. The van der Waals surface area contributed by atoms with Gasteiger partial charge in [0.05, 0.1) is 18.4 Å². The molecular formula is C24H25N5O2. The Kier molecular flexibility index (Phi) is 5.26. The quantitative estimate of drug-likeness (QED) is 0.642. The van der Waals surface area contributed by atoms with Crippen molar-refractivity contribution < 1.29 is 9.53 Å². The Morgan fingerprint density at radius 3 is 2.48 bits per heavy atom. The smallest absolute Gasteiger partial charge is 0.219 e. The van der Waals surface area contributed by atoms with Crippen LogP contribution in [-0.4, -0.2) is 64.0 Å². The van der Waals surface area contributed by atoms with Crippen molar-refractivity contribution in [2.45, 2.75) is 13.5 Å². The van der Waals surface area contributed by atoms with Crippen molar-refractivity contribution in [2.24, 2.45) is 4.99 Å².